The molecule has 1 aromatic carbocycles. The fraction of sp³-hybridized carbons (Fsp3) is 0.455. The Kier molecular flexibility index (Phi) is 4.20. The molecule has 0 N–H and O–H groups in total. The average molecular weight is 281 g/mol. The van der Waals surface area contributed by atoms with Crippen LogP contribution in [0.15, 0.2) is 24.3 Å². The zero-order valence-electron chi connectivity index (χ0n) is 8.31. The summed E-state index contributed by atoms with van der Waals surface area (Å²) in [7, 11) is 0. The van der Waals surface area contributed by atoms with Crippen molar-refractivity contribution < 1.29 is 13.2 Å². The molecule has 0 aliphatic carbocycles. The molecular weight excluding hydrogens is 269 g/mol. The van der Waals surface area contributed by atoms with Crippen molar-refractivity contribution in [2.24, 2.45) is 0 Å². The van der Waals surface area contributed by atoms with E-state index < -0.39 is 17.4 Å². The highest BCUT2D eigenvalue weighted by Crippen LogP contribution is 2.35. The monoisotopic (exact) mass is 280 g/mol. The van der Waals surface area contributed by atoms with Crippen LogP contribution < -0.4 is 0 Å². The Morgan fingerprint density at radius 1 is 1.20 bits per heavy atom. The Morgan fingerprint density at radius 2 is 1.73 bits per heavy atom. The predicted molar refractivity (Wildman–Crippen MR) is 58.2 cm³/mol. The van der Waals surface area contributed by atoms with E-state index in [9.17, 15) is 13.2 Å². The first kappa shape index (κ1) is 12.6. The Labute approximate surface area is 95.6 Å². The second-order valence-electron chi connectivity index (χ2n) is 3.38. The van der Waals surface area contributed by atoms with E-state index >= 15 is 0 Å². The fourth-order valence-electron chi connectivity index (χ4n) is 1.28. The molecule has 0 fully saturated rings. The Balaban J connectivity index is 2.70. The second-order valence-corrected chi connectivity index (χ2v) is 4.49. The zero-order chi connectivity index (χ0) is 11.5. The lowest BCUT2D eigenvalue weighted by Gasteiger charge is -2.13. The molecule has 0 spiro atoms. The summed E-state index contributed by atoms with van der Waals surface area (Å²) in [4.78, 5) is -0.650. The van der Waals surface area contributed by atoms with Crippen LogP contribution in [-0.4, -0.2) is 6.18 Å². The highest BCUT2D eigenvalue weighted by Gasteiger charge is 2.31. The molecule has 0 aliphatic rings. The van der Waals surface area contributed by atoms with Crippen LogP contribution in [0.1, 0.15) is 29.3 Å². The summed E-state index contributed by atoms with van der Waals surface area (Å²) in [5.41, 5.74) is 1.80. The van der Waals surface area contributed by atoms with Crippen LogP contribution in [0.5, 0.6) is 0 Å². The van der Waals surface area contributed by atoms with Gasteiger partial charge in [-0.2, -0.15) is 13.2 Å². The maximum Gasteiger partial charge on any atom is 0.390 e. The number of aryl methyl sites for hydroxylation is 1. The lowest BCUT2D eigenvalue weighted by molar-refractivity contribution is -0.134. The van der Waals surface area contributed by atoms with Gasteiger partial charge in [-0.25, -0.2) is 0 Å². The molecule has 1 aromatic rings. The van der Waals surface area contributed by atoms with E-state index in [2.05, 4.69) is 15.9 Å². The minimum absolute atomic E-state index is 0.650. The number of rotatable bonds is 3. The molecule has 1 atom stereocenters. The van der Waals surface area contributed by atoms with Gasteiger partial charge in [0.2, 0.25) is 0 Å². The Bertz CT molecular complexity index is 303. The van der Waals surface area contributed by atoms with Crippen LogP contribution in [0.4, 0.5) is 13.2 Å². The predicted octanol–water partition coefficient (Wildman–Crippen LogP) is 4.64. The minimum atomic E-state index is -4.13. The third-order valence-corrected chi connectivity index (χ3v) is 3.01. The van der Waals surface area contributed by atoms with Gasteiger partial charge in [0.05, 0.1) is 6.42 Å². The first-order chi connectivity index (χ1) is 6.92. The van der Waals surface area contributed by atoms with Gasteiger partial charge in [0.1, 0.15) is 0 Å². The van der Waals surface area contributed by atoms with E-state index in [1.807, 2.05) is 19.1 Å². The van der Waals surface area contributed by atoms with Crippen molar-refractivity contribution in [1.82, 2.24) is 0 Å². The molecule has 0 aromatic heterocycles. The smallest absolute Gasteiger partial charge is 0.171 e. The SMILES string of the molecule is CCc1ccc(C(Br)CC(F)(F)F)cc1. The zero-order valence-corrected chi connectivity index (χ0v) is 9.90. The molecule has 84 valence electrons. The van der Waals surface area contributed by atoms with E-state index in [-0.39, 0.29) is 0 Å². The van der Waals surface area contributed by atoms with Crippen LogP contribution in [0.25, 0.3) is 0 Å². The van der Waals surface area contributed by atoms with Crippen molar-refractivity contribution in [2.45, 2.75) is 30.8 Å². The molecule has 4 heteroatoms. The fourth-order valence-corrected chi connectivity index (χ4v) is 1.96. The largest absolute Gasteiger partial charge is 0.390 e. The summed E-state index contributed by atoms with van der Waals surface area (Å²) in [5, 5.41) is 0. The highest BCUT2D eigenvalue weighted by molar-refractivity contribution is 9.09. The van der Waals surface area contributed by atoms with Gasteiger partial charge in [-0.3, -0.25) is 0 Å². The van der Waals surface area contributed by atoms with Crippen molar-refractivity contribution in [3.8, 4) is 0 Å². The number of halogens is 4. The summed E-state index contributed by atoms with van der Waals surface area (Å²) < 4.78 is 36.3. The number of alkyl halides is 4. The maximum atomic E-state index is 12.1. The summed E-state index contributed by atoms with van der Waals surface area (Å²) in [5.74, 6) is 0. The molecule has 0 amide bonds. The molecule has 0 radical (unpaired) electrons. The van der Waals surface area contributed by atoms with Gasteiger partial charge < -0.3 is 0 Å². The third-order valence-electron chi connectivity index (χ3n) is 2.16. The number of benzene rings is 1. The average Bonchev–Trinajstić information content (AvgIpc) is 2.15. The second kappa shape index (κ2) is 5.01. The molecule has 1 unspecified atom stereocenters. The molecule has 15 heavy (non-hydrogen) atoms. The standard InChI is InChI=1S/C11H12BrF3/c1-2-8-3-5-9(6-4-8)10(12)7-11(13,14)15/h3-6,10H,2,7H2,1H3. The van der Waals surface area contributed by atoms with Crippen LogP contribution in [0, 0.1) is 0 Å². The molecule has 0 aliphatic heterocycles. The van der Waals surface area contributed by atoms with Gasteiger partial charge in [0, 0.05) is 4.83 Å². The lowest BCUT2D eigenvalue weighted by Crippen LogP contribution is -2.10. The van der Waals surface area contributed by atoms with E-state index in [1.54, 1.807) is 12.1 Å². The van der Waals surface area contributed by atoms with E-state index in [0.717, 1.165) is 12.0 Å². The van der Waals surface area contributed by atoms with Crippen molar-refractivity contribution in [3.63, 3.8) is 0 Å². The van der Waals surface area contributed by atoms with Gasteiger partial charge in [-0.15, -0.1) is 0 Å². The van der Waals surface area contributed by atoms with Crippen LogP contribution >= 0.6 is 15.9 Å². The quantitative estimate of drug-likeness (QED) is 0.708. The van der Waals surface area contributed by atoms with Gasteiger partial charge in [0.25, 0.3) is 0 Å². The van der Waals surface area contributed by atoms with E-state index in [0.29, 0.717) is 5.56 Å². The van der Waals surface area contributed by atoms with E-state index in [1.165, 1.54) is 0 Å². The molecule has 1 rings (SSSR count). The highest BCUT2D eigenvalue weighted by atomic mass is 79.9. The maximum absolute atomic E-state index is 12.1. The Morgan fingerprint density at radius 3 is 2.13 bits per heavy atom. The van der Waals surface area contributed by atoms with Gasteiger partial charge in [-0.1, -0.05) is 47.1 Å². The summed E-state index contributed by atoms with van der Waals surface area (Å²) in [6.45, 7) is 2.01. The van der Waals surface area contributed by atoms with E-state index in [4.69, 9.17) is 0 Å². The van der Waals surface area contributed by atoms with Gasteiger partial charge >= 0.3 is 6.18 Å². The summed E-state index contributed by atoms with van der Waals surface area (Å²) in [6.07, 6.45) is -4.07. The molecule has 0 saturated carbocycles. The van der Waals surface area contributed by atoms with Crippen LogP contribution in [0.2, 0.25) is 0 Å². The van der Waals surface area contributed by atoms with Crippen molar-refractivity contribution in [3.05, 3.63) is 35.4 Å². The van der Waals surface area contributed by atoms with Crippen molar-refractivity contribution in [2.75, 3.05) is 0 Å². The normalized spacial score (nSPS) is 13.9. The van der Waals surface area contributed by atoms with Crippen LogP contribution in [-0.2, 0) is 6.42 Å². The lowest BCUT2D eigenvalue weighted by atomic mass is 10.1. The first-order valence-electron chi connectivity index (χ1n) is 4.72. The van der Waals surface area contributed by atoms with Crippen molar-refractivity contribution >= 4 is 15.9 Å². The third kappa shape index (κ3) is 4.24. The topological polar surface area (TPSA) is 0 Å². The van der Waals surface area contributed by atoms with Gasteiger partial charge in [-0.05, 0) is 17.5 Å². The molecule has 0 bridgehead atoms. The molecule has 0 nitrogen and oxygen atoms in total. The van der Waals surface area contributed by atoms with Crippen molar-refractivity contribution in [1.29, 1.82) is 0 Å². The summed E-state index contributed by atoms with van der Waals surface area (Å²) in [6, 6.07) is 7.20. The number of hydrogen-bond donors (Lipinski definition) is 0. The molecular formula is C11H12BrF3. The van der Waals surface area contributed by atoms with Gasteiger partial charge in [0.15, 0.2) is 0 Å². The minimum Gasteiger partial charge on any atom is -0.171 e. The summed E-state index contributed by atoms with van der Waals surface area (Å²) >= 11 is 3.05. The number of hydrogen-bond acceptors (Lipinski definition) is 0. The van der Waals surface area contributed by atoms with Crippen LogP contribution in [0.3, 0.4) is 0 Å². The molecule has 0 saturated heterocycles. The Hall–Kier alpha value is -0.510. The first-order valence-corrected chi connectivity index (χ1v) is 5.63. The molecule has 0 heterocycles.